The summed E-state index contributed by atoms with van der Waals surface area (Å²) in [5, 5.41) is 49.3. The van der Waals surface area contributed by atoms with Gasteiger partial charge in [-0.1, -0.05) is 136 Å². The molecular formula is C39H65NO7. The van der Waals surface area contributed by atoms with Crippen molar-refractivity contribution in [2.75, 3.05) is 13.2 Å². The average Bonchev–Trinajstić information content (AvgIpc) is 3.43. The van der Waals surface area contributed by atoms with Gasteiger partial charge in [-0.15, -0.1) is 0 Å². The highest BCUT2D eigenvalue weighted by molar-refractivity contribution is 6.04. The van der Waals surface area contributed by atoms with Crippen LogP contribution in [0, 0.1) is 29.1 Å². The van der Waals surface area contributed by atoms with Gasteiger partial charge in [0, 0.05) is 42.1 Å². The Balaban J connectivity index is 1.22. The SMILES string of the molecule is CCCCCCCCCCCCCCCCCCNC(=O)O[C@@H]1[C@@H](C)[C@@]2(O)[C@@H](C=C(CO)C[C@]3(O)C(=O)C(C)=C[C@@H]23)[C@H]2C(C)(C)[C@]12O. The van der Waals surface area contributed by atoms with Crippen molar-refractivity contribution < 1.29 is 34.8 Å². The minimum Gasteiger partial charge on any atom is -0.443 e. The second kappa shape index (κ2) is 15.9. The average molecular weight is 660 g/mol. The van der Waals surface area contributed by atoms with E-state index in [1.165, 1.54) is 83.5 Å². The van der Waals surface area contributed by atoms with Crippen LogP contribution in [0.15, 0.2) is 23.3 Å². The summed E-state index contributed by atoms with van der Waals surface area (Å²) in [6.45, 7) is 9.51. The van der Waals surface area contributed by atoms with Crippen LogP contribution in [-0.2, 0) is 9.53 Å². The van der Waals surface area contributed by atoms with Crippen LogP contribution >= 0.6 is 0 Å². The third-order valence-corrected chi connectivity index (χ3v) is 12.5. The summed E-state index contributed by atoms with van der Waals surface area (Å²) < 4.78 is 5.95. The van der Waals surface area contributed by atoms with Crippen LogP contribution in [0.4, 0.5) is 4.79 Å². The van der Waals surface area contributed by atoms with Crippen LogP contribution in [0.25, 0.3) is 0 Å². The minimum absolute atomic E-state index is 0.0940. The molecule has 0 radical (unpaired) electrons. The molecule has 0 aromatic rings. The number of ether oxygens (including phenoxy) is 1. The number of Topliss-reactive ketones (excluding diaryl/α,β-unsaturated/α-hetero) is 1. The van der Waals surface area contributed by atoms with Gasteiger partial charge in [0.25, 0.3) is 0 Å². The van der Waals surface area contributed by atoms with Gasteiger partial charge in [0.15, 0.2) is 5.78 Å². The molecule has 4 aliphatic carbocycles. The smallest absolute Gasteiger partial charge is 0.407 e. The van der Waals surface area contributed by atoms with Gasteiger partial charge in [0.05, 0.1) is 12.2 Å². The highest BCUT2D eigenvalue weighted by atomic mass is 16.6. The first kappa shape index (κ1) is 38.1. The van der Waals surface area contributed by atoms with Gasteiger partial charge in [0.2, 0.25) is 0 Å². The van der Waals surface area contributed by atoms with Gasteiger partial charge in [-0.25, -0.2) is 4.79 Å². The maximum Gasteiger partial charge on any atom is 0.407 e. The molecule has 2 fully saturated rings. The molecule has 47 heavy (non-hydrogen) atoms. The lowest BCUT2D eigenvalue weighted by Gasteiger charge is -2.52. The van der Waals surface area contributed by atoms with E-state index in [0.717, 1.165) is 19.3 Å². The zero-order valence-corrected chi connectivity index (χ0v) is 30.0. The van der Waals surface area contributed by atoms with E-state index in [1.54, 1.807) is 26.0 Å². The third-order valence-electron chi connectivity index (χ3n) is 12.5. The van der Waals surface area contributed by atoms with Crippen LogP contribution in [0.3, 0.4) is 0 Å². The van der Waals surface area contributed by atoms with Crippen LogP contribution in [-0.4, -0.2) is 68.4 Å². The molecule has 268 valence electrons. The zero-order chi connectivity index (χ0) is 34.5. The van der Waals surface area contributed by atoms with Gasteiger partial charge in [-0.2, -0.15) is 0 Å². The molecule has 0 aliphatic heterocycles. The number of aliphatic hydroxyl groups excluding tert-OH is 1. The molecule has 0 saturated heterocycles. The van der Waals surface area contributed by atoms with E-state index < -0.39 is 63.9 Å². The Kier molecular flexibility index (Phi) is 12.8. The van der Waals surface area contributed by atoms with Crippen LogP contribution in [0.1, 0.15) is 144 Å². The van der Waals surface area contributed by atoms with Gasteiger partial charge in [-0.3, -0.25) is 4.79 Å². The number of aliphatic hydroxyl groups is 4. The molecule has 0 spiro atoms. The lowest BCUT2D eigenvalue weighted by molar-refractivity contribution is -0.209. The highest BCUT2D eigenvalue weighted by Gasteiger charge is 2.85. The Labute approximate surface area is 283 Å². The second-order valence-electron chi connectivity index (χ2n) is 16.0. The minimum atomic E-state index is -1.91. The molecular weight excluding hydrogens is 594 g/mol. The largest absolute Gasteiger partial charge is 0.443 e. The van der Waals surface area contributed by atoms with Crippen molar-refractivity contribution in [1.29, 1.82) is 0 Å². The number of carbonyl (C=O) groups is 2. The van der Waals surface area contributed by atoms with E-state index in [-0.39, 0.29) is 13.0 Å². The summed E-state index contributed by atoms with van der Waals surface area (Å²) >= 11 is 0. The molecule has 0 heterocycles. The first-order chi connectivity index (χ1) is 22.3. The van der Waals surface area contributed by atoms with Crippen molar-refractivity contribution in [1.82, 2.24) is 5.32 Å². The number of alkyl carbamates (subject to hydrolysis) is 1. The highest BCUT2D eigenvalue weighted by Crippen LogP contribution is 2.75. The number of hydrogen-bond acceptors (Lipinski definition) is 7. The quantitative estimate of drug-likeness (QED) is 0.0750. The first-order valence-corrected chi connectivity index (χ1v) is 19.0. The number of rotatable bonds is 19. The Hall–Kier alpha value is -1.74. The second-order valence-corrected chi connectivity index (χ2v) is 16.0. The summed E-state index contributed by atoms with van der Waals surface area (Å²) in [5.41, 5.74) is -4.90. The molecule has 4 aliphatic rings. The zero-order valence-electron chi connectivity index (χ0n) is 30.0. The van der Waals surface area contributed by atoms with E-state index >= 15 is 0 Å². The molecule has 8 atom stereocenters. The van der Waals surface area contributed by atoms with Crippen molar-refractivity contribution in [3.05, 3.63) is 23.3 Å². The van der Waals surface area contributed by atoms with Crippen LogP contribution < -0.4 is 5.32 Å². The standard InChI is InChI=1S/C39H65NO7/c1-6-7-8-9-10-11-12-13-14-15-16-17-18-19-20-21-22-40-35(43)47-34-28(3)38(45)30(32-36(4,5)39(32,34)46)24-29(26-41)25-37(44)31(38)23-27(2)33(37)42/h23-24,28,30-32,34,41,44-46H,6-22,25-26H2,1-5H3,(H,40,43)/t28-,30+,31-,32+,34-,37-,38-,39-/m1/s1. The van der Waals surface area contributed by atoms with Gasteiger partial charge in [-0.05, 0) is 24.5 Å². The molecule has 0 aromatic carbocycles. The van der Waals surface area contributed by atoms with Crippen molar-refractivity contribution >= 4 is 11.9 Å². The normalized spacial score (nSPS) is 35.3. The maximum atomic E-state index is 13.2. The Morgan fingerprint density at radius 1 is 0.872 bits per heavy atom. The number of fused-ring (bicyclic) bond motifs is 5. The summed E-state index contributed by atoms with van der Waals surface area (Å²) in [7, 11) is 0. The van der Waals surface area contributed by atoms with E-state index in [2.05, 4.69) is 12.2 Å². The lowest BCUT2D eigenvalue weighted by Crippen LogP contribution is -2.66. The van der Waals surface area contributed by atoms with Crippen LogP contribution in [0.2, 0.25) is 0 Å². The number of carbonyl (C=O) groups excluding carboxylic acids is 2. The molecule has 8 nitrogen and oxygen atoms in total. The van der Waals surface area contributed by atoms with E-state index in [4.69, 9.17) is 4.74 Å². The third kappa shape index (κ3) is 7.41. The number of hydrogen-bond donors (Lipinski definition) is 5. The fourth-order valence-electron chi connectivity index (χ4n) is 9.63. The van der Waals surface area contributed by atoms with E-state index in [1.807, 2.05) is 13.8 Å². The monoisotopic (exact) mass is 659 g/mol. The summed E-state index contributed by atoms with van der Waals surface area (Å²) in [6.07, 6.45) is 22.1. The fraction of sp³-hybridized carbons (Fsp3) is 0.846. The topological polar surface area (TPSA) is 136 Å². The number of amides is 1. The lowest BCUT2D eigenvalue weighted by atomic mass is 9.59. The van der Waals surface area contributed by atoms with Crippen molar-refractivity contribution in [3.8, 4) is 0 Å². The van der Waals surface area contributed by atoms with Gasteiger partial charge >= 0.3 is 6.09 Å². The van der Waals surface area contributed by atoms with Crippen LogP contribution in [0.5, 0.6) is 0 Å². The molecule has 0 unspecified atom stereocenters. The number of ketones is 1. The summed E-state index contributed by atoms with van der Waals surface area (Å²) in [6, 6.07) is 0. The summed E-state index contributed by atoms with van der Waals surface area (Å²) in [4.78, 5) is 26.3. The van der Waals surface area contributed by atoms with E-state index in [9.17, 15) is 30.0 Å². The molecule has 8 heteroatoms. The van der Waals surface area contributed by atoms with Gasteiger partial charge in [0.1, 0.15) is 17.3 Å². The molecule has 0 bridgehead atoms. The Morgan fingerprint density at radius 2 is 1.38 bits per heavy atom. The first-order valence-electron chi connectivity index (χ1n) is 19.0. The number of unbranched alkanes of at least 4 members (excludes halogenated alkanes) is 15. The van der Waals surface area contributed by atoms with Crippen molar-refractivity contribution in [2.45, 2.75) is 167 Å². The molecule has 5 N–H and O–H groups in total. The Morgan fingerprint density at radius 3 is 1.89 bits per heavy atom. The molecule has 0 aromatic heterocycles. The number of nitrogens with one attached hydrogen (secondary N) is 1. The fourth-order valence-corrected chi connectivity index (χ4v) is 9.63. The maximum absolute atomic E-state index is 13.2. The predicted molar refractivity (Wildman–Crippen MR) is 185 cm³/mol. The Bertz CT molecular complexity index is 1150. The van der Waals surface area contributed by atoms with Crippen molar-refractivity contribution in [3.63, 3.8) is 0 Å². The van der Waals surface area contributed by atoms with Gasteiger partial charge < -0.3 is 30.5 Å². The summed E-state index contributed by atoms with van der Waals surface area (Å²) in [5.74, 6) is -3.39. The predicted octanol–water partition coefficient (Wildman–Crippen LogP) is 6.93. The van der Waals surface area contributed by atoms with Crippen molar-refractivity contribution in [2.24, 2.45) is 29.1 Å². The molecule has 1 amide bonds. The molecule has 2 saturated carbocycles. The molecule has 4 rings (SSSR count). The van der Waals surface area contributed by atoms with E-state index in [0.29, 0.717) is 17.7 Å².